The maximum atomic E-state index is 11.3. The van der Waals surface area contributed by atoms with Crippen LogP contribution in [0.1, 0.15) is 17.4 Å². The van der Waals surface area contributed by atoms with Gasteiger partial charge in [0.25, 0.3) is 0 Å². The van der Waals surface area contributed by atoms with Gasteiger partial charge in [0.1, 0.15) is 12.2 Å². The molecule has 0 aliphatic carbocycles. The van der Waals surface area contributed by atoms with Crippen LogP contribution in [0.5, 0.6) is 0 Å². The van der Waals surface area contributed by atoms with Crippen LogP contribution in [0.3, 0.4) is 0 Å². The molecule has 4 heteroatoms. The summed E-state index contributed by atoms with van der Waals surface area (Å²) in [5, 5.41) is 0. The number of nitrogens with zero attached hydrogens (tertiary/aromatic N) is 1. The molecule has 1 heterocycles. The van der Waals surface area contributed by atoms with Gasteiger partial charge >= 0.3 is 0 Å². The molecule has 1 aromatic heterocycles. The predicted molar refractivity (Wildman–Crippen MR) is 58.6 cm³/mol. The molecule has 82 valence electrons. The molecule has 4 nitrogen and oxygen atoms in total. The first-order valence-electron chi connectivity index (χ1n) is 5.00. The second-order valence-electron chi connectivity index (χ2n) is 3.52. The number of hydrogen-bond acceptors (Lipinski definition) is 3. The largest absolute Gasteiger partial charge is 0.448 e. The Labute approximate surface area is 93.1 Å². The summed E-state index contributed by atoms with van der Waals surface area (Å²) in [6.07, 6.45) is 3.46. The standard InChI is InChI=1S/C12H12N2O2/c13-11(15)10(12-14-6-7-16-12)8-9-4-2-1-3-5-9/h1-7,10H,8H2,(H2,13,15). The first-order chi connectivity index (χ1) is 7.77. The van der Waals surface area contributed by atoms with Crippen molar-refractivity contribution in [2.24, 2.45) is 5.73 Å². The van der Waals surface area contributed by atoms with Gasteiger partial charge in [-0.25, -0.2) is 4.98 Å². The molecule has 1 aromatic carbocycles. The summed E-state index contributed by atoms with van der Waals surface area (Å²) in [5.41, 5.74) is 6.37. The number of hydrogen-bond donors (Lipinski definition) is 1. The van der Waals surface area contributed by atoms with Gasteiger partial charge in [-0.3, -0.25) is 4.79 Å². The minimum absolute atomic E-state index is 0.372. The van der Waals surface area contributed by atoms with E-state index in [-0.39, 0.29) is 0 Å². The van der Waals surface area contributed by atoms with E-state index in [1.807, 2.05) is 30.3 Å². The van der Waals surface area contributed by atoms with E-state index in [2.05, 4.69) is 4.98 Å². The highest BCUT2D eigenvalue weighted by molar-refractivity contribution is 5.81. The van der Waals surface area contributed by atoms with E-state index in [1.165, 1.54) is 12.5 Å². The SMILES string of the molecule is NC(=O)C(Cc1ccccc1)c1ncco1. The van der Waals surface area contributed by atoms with E-state index in [0.717, 1.165) is 5.56 Å². The van der Waals surface area contributed by atoms with Crippen molar-refractivity contribution in [3.8, 4) is 0 Å². The van der Waals surface area contributed by atoms with Gasteiger partial charge < -0.3 is 10.2 Å². The van der Waals surface area contributed by atoms with Crippen molar-refractivity contribution < 1.29 is 9.21 Å². The van der Waals surface area contributed by atoms with Gasteiger partial charge in [0, 0.05) is 0 Å². The molecule has 0 saturated carbocycles. The summed E-state index contributed by atoms with van der Waals surface area (Å²) in [7, 11) is 0. The highest BCUT2D eigenvalue weighted by Crippen LogP contribution is 2.18. The molecule has 0 spiro atoms. The quantitative estimate of drug-likeness (QED) is 0.841. The first-order valence-corrected chi connectivity index (χ1v) is 5.00. The molecule has 1 atom stereocenters. The lowest BCUT2D eigenvalue weighted by molar-refractivity contribution is -0.119. The van der Waals surface area contributed by atoms with Crippen LogP contribution in [0, 0.1) is 0 Å². The van der Waals surface area contributed by atoms with E-state index in [4.69, 9.17) is 10.2 Å². The zero-order valence-corrected chi connectivity index (χ0v) is 8.67. The lowest BCUT2D eigenvalue weighted by atomic mass is 9.99. The number of aromatic nitrogens is 1. The van der Waals surface area contributed by atoms with Gasteiger partial charge in [0.15, 0.2) is 0 Å². The number of oxazole rings is 1. The summed E-state index contributed by atoms with van der Waals surface area (Å²) in [6.45, 7) is 0. The Bertz CT molecular complexity index is 451. The third kappa shape index (κ3) is 2.28. The number of carbonyl (C=O) groups excluding carboxylic acids is 1. The molecule has 1 amide bonds. The zero-order chi connectivity index (χ0) is 11.4. The summed E-state index contributed by atoms with van der Waals surface area (Å²) in [6, 6.07) is 9.65. The van der Waals surface area contributed by atoms with Crippen molar-refractivity contribution in [2.45, 2.75) is 12.3 Å². The highest BCUT2D eigenvalue weighted by Gasteiger charge is 2.22. The minimum Gasteiger partial charge on any atom is -0.448 e. The van der Waals surface area contributed by atoms with Crippen molar-refractivity contribution in [3.05, 3.63) is 54.2 Å². The summed E-state index contributed by atoms with van der Waals surface area (Å²) >= 11 is 0. The molecule has 0 aliphatic heterocycles. The van der Waals surface area contributed by atoms with Crippen LogP contribution in [-0.2, 0) is 11.2 Å². The maximum Gasteiger partial charge on any atom is 0.230 e. The maximum absolute atomic E-state index is 11.3. The number of benzene rings is 1. The predicted octanol–water partition coefficient (Wildman–Crippen LogP) is 1.49. The molecule has 2 aromatic rings. The lowest BCUT2D eigenvalue weighted by Crippen LogP contribution is -2.23. The third-order valence-electron chi connectivity index (χ3n) is 2.38. The van der Waals surface area contributed by atoms with Crippen LogP contribution in [0.4, 0.5) is 0 Å². The van der Waals surface area contributed by atoms with Crippen LogP contribution >= 0.6 is 0 Å². The Balaban J connectivity index is 2.19. The van der Waals surface area contributed by atoms with E-state index in [1.54, 1.807) is 0 Å². The smallest absolute Gasteiger partial charge is 0.230 e. The average Bonchev–Trinajstić information content (AvgIpc) is 2.80. The van der Waals surface area contributed by atoms with Gasteiger partial charge in [-0.1, -0.05) is 30.3 Å². The molecule has 16 heavy (non-hydrogen) atoms. The van der Waals surface area contributed by atoms with E-state index in [0.29, 0.717) is 12.3 Å². The van der Waals surface area contributed by atoms with Crippen molar-refractivity contribution >= 4 is 5.91 Å². The van der Waals surface area contributed by atoms with Crippen molar-refractivity contribution in [3.63, 3.8) is 0 Å². The van der Waals surface area contributed by atoms with Gasteiger partial charge in [-0.15, -0.1) is 0 Å². The van der Waals surface area contributed by atoms with Crippen LogP contribution in [0.15, 0.2) is 47.2 Å². The van der Waals surface area contributed by atoms with E-state index in [9.17, 15) is 4.79 Å². The van der Waals surface area contributed by atoms with E-state index >= 15 is 0 Å². The Morgan fingerprint density at radius 3 is 2.69 bits per heavy atom. The Morgan fingerprint density at radius 2 is 2.12 bits per heavy atom. The van der Waals surface area contributed by atoms with Gasteiger partial charge in [-0.05, 0) is 12.0 Å². The Morgan fingerprint density at radius 1 is 1.38 bits per heavy atom. The number of carbonyl (C=O) groups is 1. The van der Waals surface area contributed by atoms with Crippen molar-refractivity contribution in [2.75, 3.05) is 0 Å². The second-order valence-corrected chi connectivity index (χ2v) is 3.52. The molecule has 2 rings (SSSR count). The molecule has 0 saturated heterocycles. The van der Waals surface area contributed by atoms with Crippen molar-refractivity contribution in [1.29, 1.82) is 0 Å². The van der Waals surface area contributed by atoms with Gasteiger partial charge in [0.05, 0.1) is 6.20 Å². The fourth-order valence-corrected chi connectivity index (χ4v) is 1.57. The summed E-state index contributed by atoms with van der Waals surface area (Å²) in [5.74, 6) is -0.556. The molecule has 1 unspecified atom stereocenters. The Kier molecular flexibility index (Phi) is 3.00. The highest BCUT2D eigenvalue weighted by atomic mass is 16.3. The van der Waals surface area contributed by atoms with Crippen LogP contribution in [0.2, 0.25) is 0 Å². The fourth-order valence-electron chi connectivity index (χ4n) is 1.57. The van der Waals surface area contributed by atoms with Gasteiger partial charge in [-0.2, -0.15) is 0 Å². The second kappa shape index (κ2) is 4.61. The van der Waals surface area contributed by atoms with Crippen molar-refractivity contribution in [1.82, 2.24) is 4.98 Å². The van der Waals surface area contributed by atoms with Gasteiger partial charge in [0.2, 0.25) is 11.8 Å². The van der Waals surface area contributed by atoms with Crippen LogP contribution < -0.4 is 5.73 Å². The molecular weight excluding hydrogens is 204 g/mol. The average molecular weight is 216 g/mol. The summed E-state index contributed by atoms with van der Waals surface area (Å²) < 4.78 is 5.12. The van der Waals surface area contributed by atoms with Crippen LogP contribution in [0.25, 0.3) is 0 Å². The topological polar surface area (TPSA) is 69.1 Å². The minimum atomic E-state index is -0.502. The molecule has 0 bridgehead atoms. The number of amides is 1. The fraction of sp³-hybridized carbons (Fsp3) is 0.167. The number of rotatable bonds is 4. The zero-order valence-electron chi connectivity index (χ0n) is 8.67. The molecular formula is C12H12N2O2. The monoisotopic (exact) mass is 216 g/mol. The summed E-state index contributed by atoms with van der Waals surface area (Å²) in [4.78, 5) is 15.3. The third-order valence-corrected chi connectivity index (χ3v) is 2.38. The molecule has 2 N–H and O–H groups in total. The molecule has 0 fully saturated rings. The number of nitrogens with two attached hydrogens (primary N) is 1. The molecule has 0 aliphatic rings. The van der Waals surface area contributed by atoms with Crippen LogP contribution in [-0.4, -0.2) is 10.9 Å². The Hall–Kier alpha value is -2.10. The normalized spacial score (nSPS) is 12.2. The lowest BCUT2D eigenvalue weighted by Gasteiger charge is -2.09. The first kappa shape index (κ1) is 10.4. The molecule has 0 radical (unpaired) electrons. The number of primary amides is 1. The van der Waals surface area contributed by atoms with E-state index < -0.39 is 11.8 Å².